The SMILES string of the molecule is CCCCCCCN(C(=O)C(NC(=O)OC(C)(C)C)C(C)C)C(C(=O)NCC(=O)OC)c1ccc(O)cc1. The number of alkyl carbamates (subject to hydrolysis) is 1. The predicted octanol–water partition coefficient (Wildman–Crippen LogP) is 4.07. The van der Waals surface area contributed by atoms with Crippen molar-refractivity contribution in [1.29, 1.82) is 0 Å². The lowest BCUT2D eigenvalue weighted by Gasteiger charge is -2.35. The van der Waals surface area contributed by atoms with Crippen molar-refractivity contribution in [2.75, 3.05) is 20.2 Å². The normalized spacial score (nSPS) is 12.8. The molecule has 0 radical (unpaired) electrons. The Morgan fingerprint density at radius 2 is 1.61 bits per heavy atom. The molecule has 0 heterocycles. The maximum absolute atomic E-state index is 14.0. The fourth-order valence-electron chi connectivity index (χ4n) is 3.84. The van der Waals surface area contributed by atoms with Crippen LogP contribution in [-0.4, -0.2) is 65.7 Å². The number of methoxy groups -OCH3 is 1. The Morgan fingerprint density at radius 3 is 2.13 bits per heavy atom. The minimum Gasteiger partial charge on any atom is -0.508 e. The molecule has 2 atom stereocenters. The molecular formula is C28H45N3O7. The number of benzene rings is 1. The highest BCUT2D eigenvalue weighted by atomic mass is 16.6. The molecule has 0 spiro atoms. The quantitative estimate of drug-likeness (QED) is 0.241. The number of phenolic OH excluding ortho intramolecular Hbond substituents is 1. The Kier molecular flexibility index (Phi) is 13.6. The zero-order chi connectivity index (χ0) is 28.9. The van der Waals surface area contributed by atoms with Gasteiger partial charge in [0.25, 0.3) is 0 Å². The second-order valence-electron chi connectivity index (χ2n) is 10.6. The monoisotopic (exact) mass is 535 g/mol. The molecular weight excluding hydrogens is 490 g/mol. The Morgan fingerprint density at radius 1 is 1.00 bits per heavy atom. The first-order chi connectivity index (χ1) is 17.8. The van der Waals surface area contributed by atoms with Crippen molar-refractivity contribution in [1.82, 2.24) is 15.5 Å². The maximum atomic E-state index is 14.0. The van der Waals surface area contributed by atoms with E-state index in [0.717, 1.165) is 25.7 Å². The minimum atomic E-state index is -1.11. The van der Waals surface area contributed by atoms with E-state index in [0.29, 0.717) is 12.0 Å². The molecule has 214 valence electrons. The van der Waals surface area contributed by atoms with Gasteiger partial charge >= 0.3 is 12.1 Å². The van der Waals surface area contributed by atoms with Crippen molar-refractivity contribution in [3.63, 3.8) is 0 Å². The number of phenols is 1. The maximum Gasteiger partial charge on any atom is 0.408 e. The highest BCUT2D eigenvalue weighted by Gasteiger charge is 2.37. The summed E-state index contributed by atoms with van der Waals surface area (Å²) in [6.07, 6.45) is 3.87. The van der Waals surface area contributed by atoms with Gasteiger partial charge in [0.2, 0.25) is 11.8 Å². The van der Waals surface area contributed by atoms with Crippen LogP contribution in [0.2, 0.25) is 0 Å². The van der Waals surface area contributed by atoms with Crippen molar-refractivity contribution in [2.45, 2.75) is 91.3 Å². The molecule has 0 saturated carbocycles. The molecule has 0 aliphatic heterocycles. The first-order valence-corrected chi connectivity index (χ1v) is 13.2. The largest absolute Gasteiger partial charge is 0.508 e. The number of unbranched alkanes of at least 4 members (excludes halogenated alkanes) is 4. The fraction of sp³-hybridized carbons (Fsp3) is 0.643. The van der Waals surface area contributed by atoms with E-state index in [9.17, 15) is 24.3 Å². The molecule has 0 aromatic heterocycles. The summed E-state index contributed by atoms with van der Waals surface area (Å²) < 4.78 is 10.0. The molecule has 1 aromatic carbocycles. The lowest BCUT2D eigenvalue weighted by molar-refractivity contribution is -0.145. The van der Waals surface area contributed by atoms with Gasteiger partial charge in [-0.1, -0.05) is 58.6 Å². The summed E-state index contributed by atoms with van der Waals surface area (Å²) in [5, 5.41) is 15.0. The van der Waals surface area contributed by atoms with Crippen LogP contribution in [0.1, 0.15) is 85.3 Å². The Balaban J connectivity index is 3.42. The van der Waals surface area contributed by atoms with Crippen LogP contribution < -0.4 is 10.6 Å². The topological polar surface area (TPSA) is 134 Å². The van der Waals surface area contributed by atoms with E-state index in [2.05, 4.69) is 22.3 Å². The van der Waals surface area contributed by atoms with Crippen LogP contribution in [0, 0.1) is 5.92 Å². The highest BCUT2D eigenvalue weighted by molar-refractivity contribution is 5.93. The van der Waals surface area contributed by atoms with Gasteiger partial charge in [-0.3, -0.25) is 14.4 Å². The number of nitrogens with zero attached hydrogens (tertiary/aromatic N) is 1. The van der Waals surface area contributed by atoms with Gasteiger partial charge < -0.3 is 30.1 Å². The third-order valence-electron chi connectivity index (χ3n) is 5.79. The predicted molar refractivity (Wildman–Crippen MR) is 144 cm³/mol. The van der Waals surface area contributed by atoms with E-state index in [4.69, 9.17) is 4.74 Å². The van der Waals surface area contributed by atoms with Crippen LogP contribution in [0.4, 0.5) is 4.79 Å². The third kappa shape index (κ3) is 11.4. The summed E-state index contributed by atoms with van der Waals surface area (Å²) in [4.78, 5) is 53.2. The summed E-state index contributed by atoms with van der Waals surface area (Å²) in [6.45, 7) is 10.8. The average Bonchev–Trinajstić information content (AvgIpc) is 2.84. The first kappa shape index (κ1) is 32.7. The van der Waals surface area contributed by atoms with Crippen LogP contribution >= 0.6 is 0 Å². The Labute approximate surface area is 226 Å². The first-order valence-electron chi connectivity index (χ1n) is 13.2. The van der Waals surface area contributed by atoms with Gasteiger partial charge in [-0.15, -0.1) is 0 Å². The summed E-state index contributed by atoms with van der Waals surface area (Å²) in [7, 11) is 1.22. The number of esters is 1. The Hall–Kier alpha value is -3.30. The van der Waals surface area contributed by atoms with Crippen molar-refractivity contribution in [3.8, 4) is 5.75 Å². The van der Waals surface area contributed by atoms with Crippen molar-refractivity contribution >= 4 is 23.9 Å². The molecule has 3 amide bonds. The van der Waals surface area contributed by atoms with Crippen molar-refractivity contribution in [2.24, 2.45) is 5.92 Å². The lowest BCUT2D eigenvalue weighted by Crippen LogP contribution is -2.55. The van der Waals surface area contributed by atoms with Crippen LogP contribution in [0.5, 0.6) is 5.75 Å². The number of ether oxygens (including phenoxy) is 2. The van der Waals surface area contributed by atoms with E-state index in [1.54, 1.807) is 46.8 Å². The molecule has 0 saturated heterocycles. The molecule has 38 heavy (non-hydrogen) atoms. The van der Waals surface area contributed by atoms with Crippen molar-refractivity contribution in [3.05, 3.63) is 29.8 Å². The molecule has 1 aromatic rings. The number of hydrogen-bond acceptors (Lipinski definition) is 7. The van der Waals surface area contributed by atoms with Gasteiger partial charge in [0.05, 0.1) is 7.11 Å². The third-order valence-corrected chi connectivity index (χ3v) is 5.79. The molecule has 10 heteroatoms. The second kappa shape index (κ2) is 15.8. The van der Waals surface area contributed by atoms with E-state index in [1.807, 2.05) is 0 Å². The number of rotatable bonds is 14. The zero-order valence-electron chi connectivity index (χ0n) is 23.8. The number of aromatic hydroxyl groups is 1. The number of carbonyl (C=O) groups is 4. The molecule has 3 N–H and O–H groups in total. The van der Waals surface area contributed by atoms with Crippen LogP contribution in [0.3, 0.4) is 0 Å². The smallest absolute Gasteiger partial charge is 0.408 e. The molecule has 0 aliphatic rings. The van der Waals surface area contributed by atoms with Crippen LogP contribution in [0.15, 0.2) is 24.3 Å². The fourth-order valence-corrected chi connectivity index (χ4v) is 3.84. The molecule has 1 rings (SSSR count). The van der Waals surface area contributed by atoms with E-state index >= 15 is 0 Å². The zero-order valence-corrected chi connectivity index (χ0v) is 23.8. The molecule has 0 aliphatic carbocycles. The van der Waals surface area contributed by atoms with Crippen LogP contribution in [0.25, 0.3) is 0 Å². The van der Waals surface area contributed by atoms with Gasteiger partial charge in [-0.25, -0.2) is 4.79 Å². The molecule has 10 nitrogen and oxygen atoms in total. The van der Waals surface area contributed by atoms with E-state index < -0.39 is 41.6 Å². The summed E-state index contributed by atoms with van der Waals surface area (Å²) in [6, 6.07) is 3.90. The van der Waals surface area contributed by atoms with Gasteiger partial charge in [0, 0.05) is 6.54 Å². The lowest BCUT2D eigenvalue weighted by atomic mass is 9.98. The van der Waals surface area contributed by atoms with Gasteiger partial charge in [0.15, 0.2) is 0 Å². The minimum absolute atomic E-state index is 0.00607. The van der Waals surface area contributed by atoms with Gasteiger partial charge in [-0.05, 0) is 50.8 Å². The average molecular weight is 536 g/mol. The van der Waals surface area contributed by atoms with Gasteiger partial charge in [-0.2, -0.15) is 0 Å². The number of nitrogens with one attached hydrogen (secondary N) is 2. The highest BCUT2D eigenvalue weighted by Crippen LogP contribution is 2.26. The standard InChI is InChI=1S/C28H45N3O7/c1-8-9-10-11-12-17-31(26(35)23(19(2)3)30-27(36)38-28(4,5)6)24(20-13-15-21(32)16-14-20)25(34)29-18-22(33)37-7/h13-16,19,23-24,32H,8-12,17-18H2,1-7H3,(H,29,34)(H,30,36). The van der Waals surface area contributed by atoms with E-state index in [1.165, 1.54) is 24.1 Å². The van der Waals surface area contributed by atoms with E-state index in [-0.39, 0.29) is 24.8 Å². The molecule has 2 unspecified atom stereocenters. The summed E-state index contributed by atoms with van der Waals surface area (Å²) >= 11 is 0. The number of carbonyl (C=O) groups excluding carboxylic acids is 4. The second-order valence-corrected chi connectivity index (χ2v) is 10.6. The Bertz CT molecular complexity index is 910. The number of hydrogen-bond donors (Lipinski definition) is 3. The van der Waals surface area contributed by atoms with Crippen LogP contribution in [-0.2, 0) is 23.9 Å². The van der Waals surface area contributed by atoms with Crippen molar-refractivity contribution < 1.29 is 33.8 Å². The van der Waals surface area contributed by atoms with Gasteiger partial charge in [0.1, 0.15) is 30.0 Å². The molecule has 0 fully saturated rings. The summed E-state index contributed by atoms with van der Waals surface area (Å²) in [5.74, 6) is -1.97. The molecule has 0 bridgehead atoms. The summed E-state index contributed by atoms with van der Waals surface area (Å²) in [5.41, 5.74) is -0.303. The number of amides is 3.